The van der Waals surface area contributed by atoms with Gasteiger partial charge < -0.3 is 11.5 Å². The van der Waals surface area contributed by atoms with Crippen molar-refractivity contribution in [1.29, 1.82) is 0 Å². The van der Waals surface area contributed by atoms with E-state index >= 15 is 0 Å². The molecule has 0 saturated carbocycles. The van der Waals surface area contributed by atoms with Gasteiger partial charge in [0.2, 0.25) is 0 Å². The van der Waals surface area contributed by atoms with Crippen molar-refractivity contribution in [2.75, 3.05) is 6.67 Å². The average Bonchev–Trinajstić information content (AvgIpc) is 0.918. The van der Waals surface area contributed by atoms with Crippen LogP contribution < -0.4 is 5.73 Å². The molecule has 5 heavy (non-hydrogen) atoms. The fourth-order valence-electron chi connectivity index (χ4n) is 0. The quantitative estimate of drug-likeness (QED) is 0.539. The van der Waals surface area contributed by atoms with Crippen molar-refractivity contribution in [3.8, 4) is 0 Å². The summed E-state index contributed by atoms with van der Waals surface area (Å²) in [6.45, 7) is 0. The van der Waals surface area contributed by atoms with Crippen molar-refractivity contribution in [2.45, 2.75) is 7.43 Å². The molecule has 0 aliphatic carbocycles. The third-order valence-electron chi connectivity index (χ3n) is 0. The van der Waals surface area contributed by atoms with E-state index in [1.54, 1.807) is 0 Å². The standard InChI is InChI=1S/CH5N2.CH4.Y/c2-1-3;;/h2H,1,3H2;1H4;/q-1;;. The Morgan fingerprint density at radius 2 is 1.60 bits per heavy atom. The summed E-state index contributed by atoms with van der Waals surface area (Å²) in [6, 6.07) is 0. The first kappa shape index (κ1) is 16.6. The van der Waals surface area contributed by atoms with Crippen LogP contribution in [0.5, 0.6) is 0 Å². The van der Waals surface area contributed by atoms with Crippen LogP contribution in [0.3, 0.4) is 0 Å². The second kappa shape index (κ2) is 19.9. The van der Waals surface area contributed by atoms with Gasteiger partial charge in [0.1, 0.15) is 0 Å². The van der Waals surface area contributed by atoms with Crippen molar-refractivity contribution < 1.29 is 32.7 Å². The molecule has 0 unspecified atom stereocenters. The maximum atomic E-state index is 5.99. The van der Waals surface area contributed by atoms with Crippen molar-refractivity contribution in [3.63, 3.8) is 0 Å². The second-order valence-electron chi connectivity index (χ2n) is 0.204. The van der Waals surface area contributed by atoms with Crippen molar-refractivity contribution in [1.82, 2.24) is 0 Å². The molecular weight excluding hydrogens is 141 g/mol. The van der Waals surface area contributed by atoms with E-state index in [4.69, 9.17) is 5.73 Å². The SMILES string of the molecule is C.[NH-]CN.[Y]. The number of nitrogens with one attached hydrogen (secondary N) is 1. The fourth-order valence-corrected chi connectivity index (χ4v) is 0. The Morgan fingerprint density at radius 3 is 1.60 bits per heavy atom. The molecule has 0 aliphatic heterocycles. The van der Waals surface area contributed by atoms with E-state index in [1.165, 1.54) is 0 Å². The Hall–Kier alpha value is 1.02. The van der Waals surface area contributed by atoms with Gasteiger partial charge >= 0.3 is 0 Å². The summed E-state index contributed by atoms with van der Waals surface area (Å²) in [6.07, 6.45) is 0. The molecule has 0 spiro atoms. The monoisotopic (exact) mass is 150 g/mol. The number of hydrogen-bond donors (Lipinski definition) is 1. The van der Waals surface area contributed by atoms with Crippen LogP contribution in [0.4, 0.5) is 0 Å². The first-order valence-electron chi connectivity index (χ1n) is 0.762. The van der Waals surface area contributed by atoms with Crippen LogP contribution in [0.15, 0.2) is 0 Å². The minimum atomic E-state index is 0. The minimum Gasteiger partial charge on any atom is -0.665 e. The second-order valence-corrected chi connectivity index (χ2v) is 0.204. The molecule has 2 nitrogen and oxygen atoms in total. The van der Waals surface area contributed by atoms with Crippen LogP contribution in [0, 0.1) is 0 Å². The summed E-state index contributed by atoms with van der Waals surface area (Å²) in [5.74, 6) is 0. The first-order chi connectivity index (χ1) is 1.41. The van der Waals surface area contributed by atoms with E-state index in [2.05, 4.69) is 5.73 Å². The molecule has 0 aromatic carbocycles. The minimum absolute atomic E-state index is 0. The number of nitrogens with two attached hydrogens (primary N) is 1. The van der Waals surface area contributed by atoms with Crippen molar-refractivity contribution in [2.24, 2.45) is 5.73 Å². The van der Waals surface area contributed by atoms with Crippen LogP contribution in [0.25, 0.3) is 5.73 Å². The van der Waals surface area contributed by atoms with Crippen LogP contribution >= 0.6 is 0 Å². The maximum Gasteiger partial charge on any atom is 0 e. The Morgan fingerprint density at radius 1 is 1.60 bits per heavy atom. The largest absolute Gasteiger partial charge is 0.665 e. The third kappa shape index (κ3) is 43.8. The zero-order valence-electron chi connectivity index (χ0n) is 2.36. The van der Waals surface area contributed by atoms with E-state index in [0.717, 1.165) is 0 Å². The summed E-state index contributed by atoms with van der Waals surface area (Å²) in [4.78, 5) is 0. The van der Waals surface area contributed by atoms with Gasteiger partial charge in [-0.1, -0.05) is 7.43 Å². The predicted molar refractivity (Wildman–Crippen MR) is 20.1 cm³/mol. The topological polar surface area (TPSA) is 49.8 Å². The zero-order chi connectivity index (χ0) is 2.71. The van der Waals surface area contributed by atoms with Gasteiger partial charge in [0, 0.05) is 32.7 Å². The van der Waals surface area contributed by atoms with E-state index < -0.39 is 0 Å². The summed E-state index contributed by atoms with van der Waals surface area (Å²) in [5.41, 5.74) is 10.5. The smallest absolute Gasteiger partial charge is 0 e. The van der Waals surface area contributed by atoms with Gasteiger partial charge in [-0.25, -0.2) is 0 Å². The fraction of sp³-hybridized carbons (Fsp3) is 1.00. The Kier molecular flexibility index (Phi) is 66.0. The summed E-state index contributed by atoms with van der Waals surface area (Å²) >= 11 is 0. The molecule has 1 radical (unpaired) electrons. The normalized spacial score (nSPS) is 3.60. The van der Waals surface area contributed by atoms with E-state index in [-0.39, 0.29) is 46.8 Å². The molecule has 3 heteroatoms. The van der Waals surface area contributed by atoms with Gasteiger partial charge in [-0.15, -0.1) is 6.67 Å². The zero-order valence-corrected chi connectivity index (χ0v) is 5.20. The average molecular weight is 150 g/mol. The van der Waals surface area contributed by atoms with E-state index in [1.807, 2.05) is 0 Å². The van der Waals surface area contributed by atoms with Crippen molar-refractivity contribution >= 4 is 0 Å². The van der Waals surface area contributed by atoms with Gasteiger partial charge in [0.25, 0.3) is 0 Å². The van der Waals surface area contributed by atoms with Gasteiger partial charge in [-0.3, -0.25) is 0 Å². The summed E-state index contributed by atoms with van der Waals surface area (Å²) in [7, 11) is 0. The molecule has 0 bridgehead atoms. The molecule has 0 rings (SSSR count). The maximum absolute atomic E-state index is 5.99. The van der Waals surface area contributed by atoms with Gasteiger partial charge in [0.15, 0.2) is 0 Å². The van der Waals surface area contributed by atoms with Crippen molar-refractivity contribution in [3.05, 3.63) is 5.73 Å². The Labute approximate surface area is 58.2 Å². The molecule has 0 amide bonds. The molecule has 0 saturated heterocycles. The first-order valence-corrected chi connectivity index (χ1v) is 0.762. The van der Waals surface area contributed by atoms with Crippen LogP contribution in [-0.4, -0.2) is 6.67 Å². The Balaban J connectivity index is -0.0000000200. The molecule has 31 valence electrons. The van der Waals surface area contributed by atoms with Gasteiger partial charge in [0.05, 0.1) is 0 Å². The van der Waals surface area contributed by atoms with Crippen LogP contribution in [-0.2, 0) is 32.7 Å². The Bertz CT molecular complexity index is 7.61. The molecule has 0 heterocycles. The molecular formula is C2H9N2Y-. The number of rotatable bonds is 0. The summed E-state index contributed by atoms with van der Waals surface area (Å²) < 4.78 is 0. The van der Waals surface area contributed by atoms with Crippen LogP contribution in [0.2, 0.25) is 0 Å². The number of hydrogen-bond acceptors (Lipinski definition) is 1. The molecule has 0 aliphatic rings. The molecule has 0 aromatic heterocycles. The molecule has 3 N–H and O–H groups in total. The summed E-state index contributed by atoms with van der Waals surface area (Å²) in [5, 5.41) is 0. The predicted octanol–water partition coefficient (Wildman–Crippen LogP) is 0.588. The van der Waals surface area contributed by atoms with Gasteiger partial charge in [-0.2, -0.15) is 0 Å². The van der Waals surface area contributed by atoms with E-state index in [9.17, 15) is 0 Å². The van der Waals surface area contributed by atoms with E-state index in [0.29, 0.717) is 0 Å². The molecule has 0 aromatic rings. The van der Waals surface area contributed by atoms with Gasteiger partial charge in [-0.05, 0) is 0 Å². The molecule has 0 fully saturated rings. The third-order valence-corrected chi connectivity index (χ3v) is 0. The molecule has 0 atom stereocenters. The van der Waals surface area contributed by atoms with Crippen LogP contribution in [0.1, 0.15) is 7.43 Å².